The Kier molecular flexibility index (Phi) is 5.58. The van der Waals surface area contributed by atoms with Gasteiger partial charge in [0.15, 0.2) is 0 Å². The molecule has 0 N–H and O–H groups in total. The second-order valence-corrected chi connectivity index (χ2v) is 5.12. The Bertz CT molecular complexity index is 317. The van der Waals surface area contributed by atoms with Crippen molar-refractivity contribution < 1.29 is 0 Å². The molecule has 1 aromatic rings. The van der Waals surface area contributed by atoms with E-state index in [2.05, 4.69) is 30.3 Å². The van der Waals surface area contributed by atoms with Gasteiger partial charge >= 0.3 is 0 Å². The van der Waals surface area contributed by atoms with Crippen LogP contribution in [-0.2, 0) is 0 Å². The summed E-state index contributed by atoms with van der Waals surface area (Å²) in [4.78, 5) is 5.71. The minimum Gasteiger partial charge on any atom is -0.247 e. The summed E-state index contributed by atoms with van der Waals surface area (Å²) in [5, 5.41) is 1.07. The van der Waals surface area contributed by atoms with Crippen LogP contribution >= 0.6 is 23.5 Å². The van der Waals surface area contributed by atoms with E-state index in [1.54, 1.807) is 23.5 Å². The fourth-order valence-corrected chi connectivity index (χ4v) is 2.61. The normalized spacial score (nSPS) is 9.93. The van der Waals surface area contributed by atoms with Crippen LogP contribution in [0.2, 0.25) is 0 Å². The molecule has 0 atom stereocenters. The second-order valence-electron chi connectivity index (χ2n) is 2.98. The third-order valence-electron chi connectivity index (χ3n) is 1.62. The molecule has 80 valence electrons. The summed E-state index contributed by atoms with van der Waals surface area (Å²) in [6.07, 6.45) is 3.81. The molecule has 15 heavy (non-hydrogen) atoms. The van der Waals surface area contributed by atoms with Crippen molar-refractivity contribution in [3.05, 3.63) is 43.1 Å². The van der Waals surface area contributed by atoms with Gasteiger partial charge in [-0.15, -0.1) is 36.7 Å². The highest BCUT2D eigenvalue weighted by Crippen LogP contribution is 2.24. The highest BCUT2D eigenvalue weighted by molar-refractivity contribution is 8.00. The lowest BCUT2D eigenvalue weighted by Crippen LogP contribution is -1.87. The third kappa shape index (κ3) is 4.58. The van der Waals surface area contributed by atoms with Crippen LogP contribution in [0.15, 0.2) is 47.4 Å². The van der Waals surface area contributed by atoms with Crippen LogP contribution in [0.3, 0.4) is 0 Å². The smallest absolute Gasteiger partial charge is 0.0977 e. The Hall–Kier alpha value is -0.670. The lowest BCUT2D eigenvalue weighted by molar-refractivity contribution is 1.03. The van der Waals surface area contributed by atoms with Crippen LogP contribution < -0.4 is 0 Å². The molecule has 0 aliphatic heterocycles. The fraction of sp³-hybridized carbons (Fsp3) is 0.250. The molecular weight excluding hydrogens is 222 g/mol. The Balaban J connectivity index is 2.74. The van der Waals surface area contributed by atoms with E-state index in [0.29, 0.717) is 0 Å². The molecule has 0 bridgehead atoms. The number of hydrogen-bond acceptors (Lipinski definition) is 3. The van der Waals surface area contributed by atoms with Crippen molar-refractivity contribution >= 4 is 23.5 Å². The van der Waals surface area contributed by atoms with E-state index < -0.39 is 0 Å². The first-order valence-electron chi connectivity index (χ1n) is 4.72. The molecule has 1 aromatic heterocycles. The van der Waals surface area contributed by atoms with E-state index in [1.807, 2.05) is 19.1 Å². The molecule has 0 aliphatic rings. The summed E-state index contributed by atoms with van der Waals surface area (Å²) in [6, 6.07) is 4.22. The lowest BCUT2D eigenvalue weighted by atomic mass is 10.4. The third-order valence-corrected chi connectivity index (χ3v) is 3.50. The molecule has 0 aromatic carbocycles. The molecule has 0 spiro atoms. The molecule has 1 rings (SSSR count). The van der Waals surface area contributed by atoms with Gasteiger partial charge in [0.25, 0.3) is 0 Å². The van der Waals surface area contributed by atoms with E-state index in [-0.39, 0.29) is 0 Å². The van der Waals surface area contributed by atoms with Gasteiger partial charge in [-0.1, -0.05) is 12.2 Å². The zero-order chi connectivity index (χ0) is 11.1. The van der Waals surface area contributed by atoms with Gasteiger partial charge in [0.2, 0.25) is 0 Å². The van der Waals surface area contributed by atoms with E-state index >= 15 is 0 Å². The molecule has 0 aliphatic carbocycles. The minimum atomic E-state index is 0.905. The monoisotopic (exact) mass is 237 g/mol. The Morgan fingerprint density at radius 3 is 2.53 bits per heavy atom. The van der Waals surface area contributed by atoms with Gasteiger partial charge in [-0.25, -0.2) is 4.98 Å². The van der Waals surface area contributed by atoms with Gasteiger partial charge in [0.05, 0.1) is 5.03 Å². The number of aryl methyl sites for hydroxylation is 1. The van der Waals surface area contributed by atoms with E-state index in [4.69, 9.17) is 0 Å². The standard InChI is InChI=1S/C12H15NS2/c1-4-6-14-11-8-10(3)13-12(9-11)15-7-5-2/h4-5,8-9H,1-2,6-7H2,3H3. The van der Waals surface area contributed by atoms with Gasteiger partial charge in [-0.2, -0.15) is 0 Å². The average molecular weight is 237 g/mol. The Morgan fingerprint density at radius 2 is 1.87 bits per heavy atom. The topological polar surface area (TPSA) is 12.9 Å². The molecule has 1 nitrogen and oxygen atoms in total. The first kappa shape index (κ1) is 12.4. The number of rotatable bonds is 6. The maximum atomic E-state index is 4.46. The summed E-state index contributed by atoms with van der Waals surface area (Å²) < 4.78 is 0. The van der Waals surface area contributed by atoms with Crippen LogP contribution in [0.5, 0.6) is 0 Å². The molecular formula is C12H15NS2. The quantitative estimate of drug-likeness (QED) is 0.549. The maximum absolute atomic E-state index is 4.46. The SMILES string of the molecule is C=CCSc1cc(C)nc(SCC=C)c1. The van der Waals surface area contributed by atoms with E-state index in [9.17, 15) is 0 Å². The van der Waals surface area contributed by atoms with Gasteiger partial charge in [-0.05, 0) is 19.1 Å². The predicted molar refractivity (Wildman–Crippen MR) is 70.8 cm³/mol. The Morgan fingerprint density at radius 1 is 1.20 bits per heavy atom. The van der Waals surface area contributed by atoms with Crippen LogP contribution in [-0.4, -0.2) is 16.5 Å². The maximum Gasteiger partial charge on any atom is 0.0977 e. The molecule has 0 saturated carbocycles. The molecule has 0 fully saturated rings. The summed E-state index contributed by atoms with van der Waals surface area (Å²) >= 11 is 3.50. The zero-order valence-corrected chi connectivity index (χ0v) is 10.5. The van der Waals surface area contributed by atoms with Gasteiger partial charge < -0.3 is 0 Å². The van der Waals surface area contributed by atoms with Crippen LogP contribution in [0.1, 0.15) is 5.69 Å². The molecule has 1 heterocycles. The number of hydrogen-bond donors (Lipinski definition) is 0. The number of nitrogens with zero attached hydrogens (tertiary/aromatic N) is 1. The second kappa shape index (κ2) is 6.75. The number of pyridine rings is 1. The molecule has 0 amide bonds. The van der Waals surface area contributed by atoms with Gasteiger partial charge in [0, 0.05) is 22.1 Å². The molecule has 0 unspecified atom stereocenters. The largest absolute Gasteiger partial charge is 0.247 e. The number of thioether (sulfide) groups is 2. The van der Waals surface area contributed by atoms with E-state index in [1.165, 1.54) is 4.90 Å². The summed E-state index contributed by atoms with van der Waals surface area (Å²) in [5.41, 5.74) is 1.07. The van der Waals surface area contributed by atoms with E-state index in [0.717, 1.165) is 22.2 Å². The molecule has 0 radical (unpaired) electrons. The van der Waals surface area contributed by atoms with Crippen LogP contribution in [0.4, 0.5) is 0 Å². The van der Waals surface area contributed by atoms with Crippen molar-refractivity contribution in [3.8, 4) is 0 Å². The van der Waals surface area contributed by atoms with Gasteiger partial charge in [-0.3, -0.25) is 0 Å². The van der Waals surface area contributed by atoms with Crippen molar-refractivity contribution in [2.45, 2.75) is 16.8 Å². The van der Waals surface area contributed by atoms with Crippen molar-refractivity contribution in [2.75, 3.05) is 11.5 Å². The van der Waals surface area contributed by atoms with Gasteiger partial charge in [0.1, 0.15) is 0 Å². The predicted octanol–water partition coefficient (Wildman–Crippen LogP) is 3.95. The summed E-state index contributed by atoms with van der Waals surface area (Å²) in [7, 11) is 0. The summed E-state index contributed by atoms with van der Waals surface area (Å²) in [6.45, 7) is 9.44. The highest BCUT2D eigenvalue weighted by atomic mass is 32.2. The fourth-order valence-electron chi connectivity index (χ4n) is 1.06. The van der Waals surface area contributed by atoms with Crippen molar-refractivity contribution in [2.24, 2.45) is 0 Å². The Labute approximate surface area is 100 Å². The minimum absolute atomic E-state index is 0.905. The first-order chi connectivity index (χ1) is 7.26. The van der Waals surface area contributed by atoms with Crippen molar-refractivity contribution in [1.82, 2.24) is 4.98 Å². The highest BCUT2D eigenvalue weighted by Gasteiger charge is 2.00. The summed E-state index contributed by atoms with van der Waals surface area (Å²) in [5.74, 6) is 1.84. The number of aromatic nitrogens is 1. The lowest BCUT2D eigenvalue weighted by Gasteiger charge is -2.04. The van der Waals surface area contributed by atoms with Crippen LogP contribution in [0, 0.1) is 6.92 Å². The average Bonchev–Trinajstić information content (AvgIpc) is 2.23. The van der Waals surface area contributed by atoms with Crippen molar-refractivity contribution in [1.29, 1.82) is 0 Å². The zero-order valence-electron chi connectivity index (χ0n) is 8.90. The molecule has 3 heteroatoms. The first-order valence-corrected chi connectivity index (χ1v) is 6.69. The van der Waals surface area contributed by atoms with Crippen molar-refractivity contribution in [3.63, 3.8) is 0 Å². The van der Waals surface area contributed by atoms with Crippen LogP contribution in [0.25, 0.3) is 0 Å². The molecule has 0 saturated heterocycles.